The largest absolute Gasteiger partial charge is 0.494 e. The number of imidazole rings is 1. The molecule has 0 bridgehead atoms. The van der Waals surface area contributed by atoms with Gasteiger partial charge in [-0.3, -0.25) is 14.1 Å². The molecule has 3 rings (SSSR count). The second-order valence-electron chi connectivity index (χ2n) is 5.33. The van der Waals surface area contributed by atoms with Crippen molar-refractivity contribution in [1.82, 2.24) is 9.13 Å². The average Bonchev–Trinajstić information content (AvgIpc) is 2.79. The molecule has 118 valence electrons. The highest BCUT2D eigenvalue weighted by Gasteiger charge is 2.07. The minimum atomic E-state index is -0.0272. The first-order chi connectivity index (χ1) is 11.1. The van der Waals surface area contributed by atoms with Crippen molar-refractivity contribution in [2.24, 2.45) is 19.1 Å². The highest BCUT2D eigenvalue weighted by molar-refractivity contribution is 5.88. The van der Waals surface area contributed by atoms with Crippen LogP contribution in [0.5, 0.6) is 5.75 Å². The van der Waals surface area contributed by atoms with Crippen molar-refractivity contribution in [3.63, 3.8) is 0 Å². The normalized spacial score (nSPS) is 11.4. The molecule has 0 unspecified atom stereocenters. The number of benzene rings is 2. The van der Waals surface area contributed by atoms with Gasteiger partial charge in [-0.15, -0.1) is 0 Å². The summed E-state index contributed by atoms with van der Waals surface area (Å²) in [4.78, 5) is 16.4. The maximum atomic E-state index is 11.9. The quantitative estimate of drug-likeness (QED) is 0.696. The molecule has 0 spiro atoms. The summed E-state index contributed by atoms with van der Waals surface area (Å²) >= 11 is 0. The minimum absolute atomic E-state index is 0.0272. The zero-order valence-corrected chi connectivity index (χ0v) is 13.5. The van der Waals surface area contributed by atoms with E-state index in [1.54, 1.807) is 29.4 Å². The molecule has 0 N–H and O–H groups in total. The first-order valence-electron chi connectivity index (χ1n) is 7.52. The van der Waals surface area contributed by atoms with Crippen LogP contribution in [-0.4, -0.2) is 22.0 Å². The molecule has 0 aliphatic carbocycles. The van der Waals surface area contributed by atoms with E-state index in [9.17, 15) is 4.79 Å². The lowest BCUT2D eigenvalue weighted by atomic mass is 10.2. The summed E-state index contributed by atoms with van der Waals surface area (Å²) in [5.41, 5.74) is 3.59. The predicted octanol–water partition coefficient (Wildman–Crippen LogP) is 3.03. The fraction of sp³-hybridized carbons (Fsp3) is 0.222. The van der Waals surface area contributed by atoms with Crippen LogP contribution in [0.3, 0.4) is 0 Å². The summed E-state index contributed by atoms with van der Waals surface area (Å²) in [5.74, 6) is 0.840. The van der Waals surface area contributed by atoms with Gasteiger partial charge in [-0.2, -0.15) is 0 Å². The summed E-state index contributed by atoms with van der Waals surface area (Å²) in [6.07, 6.45) is 1.80. The number of hydrogen-bond donors (Lipinski definition) is 0. The summed E-state index contributed by atoms with van der Waals surface area (Å²) < 4.78 is 8.70. The number of aliphatic imine (C=N–C) groups is 1. The molecule has 0 radical (unpaired) electrons. The molecule has 0 atom stereocenters. The number of ether oxygens (including phenoxy) is 1. The van der Waals surface area contributed by atoms with Gasteiger partial charge in [-0.05, 0) is 48.9 Å². The first kappa shape index (κ1) is 15.1. The Labute approximate surface area is 134 Å². The van der Waals surface area contributed by atoms with E-state index in [1.807, 2.05) is 49.4 Å². The van der Waals surface area contributed by atoms with Crippen LogP contribution in [0.4, 0.5) is 5.69 Å². The van der Waals surface area contributed by atoms with Gasteiger partial charge >= 0.3 is 5.69 Å². The van der Waals surface area contributed by atoms with Gasteiger partial charge < -0.3 is 4.74 Å². The number of aryl methyl sites for hydroxylation is 2. The molecule has 5 nitrogen and oxygen atoms in total. The van der Waals surface area contributed by atoms with Crippen LogP contribution >= 0.6 is 0 Å². The molecule has 0 aliphatic heterocycles. The monoisotopic (exact) mass is 309 g/mol. The molecule has 0 aliphatic rings. The van der Waals surface area contributed by atoms with Crippen molar-refractivity contribution in [1.29, 1.82) is 0 Å². The summed E-state index contributed by atoms with van der Waals surface area (Å²) in [5, 5.41) is 0. The second-order valence-corrected chi connectivity index (χ2v) is 5.33. The lowest BCUT2D eigenvalue weighted by Gasteiger charge is -2.02. The van der Waals surface area contributed by atoms with Crippen molar-refractivity contribution in [3.05, 3.63) is 58.5 Å². The minimum Gasteiger partial charge on any atom is -0.494 e. The third-order valence-electron chi connectivity index (χ3n) is 3.81. The Bertz CT molecular complexity index is 918. The Morgan fingerprint density at radius 2 is 1.74 bits per heavy atom. The highest BCUT2D eigenvalue weighted by atomic mass is 16.5. The van der Waals surface area contributed by atoms with E-state index in [4.69, 9.17) is 4.74 Å². The van der Waals surface area contributed by atoms with Crippen LogP contribution < -0.4 is 10.4 Å². The van der Waals surface area contributed by atoms with Gasteiger partial charge in [0, 0.05) is 20.3 Å². The van der Waals surface area contributed by atoms with Gasteiger partial charge in [0.05, 0.1) is 23.3 Å². The lowest BCUT2D eigenvalue weighted by molar-refractivity contribution is 0.340. The topological polar surface area (TPSA) is 48.5 Å². The zero-order chi connectivity index (χ0) is 16.4. The number of nitrogens with zero attached hydrogens (tertiary/aromatic N) is 3. The van der Waals surface area contributed by atoms with Gasteiger partial charge in [0.15, 0.2) is 0 Å². The standard InChI is InChI=1S/C18H19N3O2/c1-4-23-15-8-6-14(7-9-15)19-12-13-5-10-16-17(11-13)21(3)18(22)20(16)2/h5-12H,4H2,1-3H3. The Morgan fingerprint density at radius 1 is 1.04 bits per heavy atom. The fourth-order valence-electron chi connectivity index (χ4n) is 2.55. The van der Waals surface area contributed by atoms with E-state index in [-0.39, 0.29) is 5.69 Å². The third-order valence-corrected chi connectivity index (χ3v) is 3.81. The van der Waals surface area contributed by atoms with E-state index < -0.39 is 0 Å². The Kier molecular flexibility index (Phi) is 4.02. The number of hydrogen-bond acceptors (Lipinski definition) is 3. The highest BCUT2D eigenvalue weighted by Crippen LogP contribution is 2.19. The Hall–Kier alpha value is -2.82. The second kappa shape index (κ2) is 6.12. The van der Waals surface area contributed by atoms with E-state index >= 15 is 0 Å². The molecule has 0 saturated heterocycles. The molecule has 0 fully saturated rings. The van der Waals surface area contributed by atoms with Gasteiger partial charge in [-0.25, -0.2) is 4.79 Å². The van der Waals surface area contributed by atoms with Gasteiger partial charge in [0.25, 0.3) is 0 Å². The van der Waals surface area contributed by atoms with Crippen molar-refractivity contribution in [2.75, 3.05) is 6.61 Å². The molecule has 0 saturated carbocycles. The maximum absolute atomic E-state index is 11.9. The average molecular weight is 309 g/mol. The SMILES string of the molecule is CCOc1ccc(N=Cc2ccc3c(c2)n(C)c(=O)n3C)cc1. The number of fused-ring (bicyclic) bond motifs is 1. The Balaban J connectivity index is 1.89. The van der Waals surface area contributed by atoms with Crippen LogP contribution in [0.2, 0.25) is 0 Å². The van der Waals surface area contributed by atoms with Gasteiger partial charge in [0.2, 0.25) is 0 Å². The summed E-state index contributed by atoms with van der Waals surface area (Å²) in [7, 11) is 3.55. The maximum Gasteiger partial charge on any atom is 0.328 e. The summed E-state index contributed by atoms with van der Waals surface area (Å²) in [6.45, 7) is 2.61. The van der Waals surface area contributed by atoms with Crippen LogP contribution in [-0.2, 0) is 14.1 Å². The third kappa shape index (κ3) is 2.90. The molecule has 1 aromatic heterocycles. The zero-order valence-electron chi connectivity index (χ0n) is 13.5. The number of rotatable bonds is 4. The molecule has 1 heterocycles. The first-order valence-corrected chi connectivity index (χ1v) is 7.52. The molecular weight excluding hydrogens is 290 g/mol. The van der Waals surface area contributed by atoms with Crippen molar-refractivity contribution < 1.29 is 4.74 Å². The molecular formula is C18H19N3O2. The molecule has 23 heavy (non-hydrogen) atoms. The van der Waals surface area contributed by atoms with Crippen molar-refractivity contribution >= 4 is 22.9 Å². The van der Waals surface area contributed by atoms with Crippen molar-refractivity contribution in [3.8, 4) is 5.75 Å². The van der Waals surface area contributed by atoms with Gasteiger partial charge in [-0.1, -0.05) is 6.07 Å². The molecule has 3 aromatic rings. The molecule has 5 heteroatoms. The molecule has 2 aromatic carbocycles. The Morgan fingerprint density at radius 3 is 2.43 bits per heavy atom. The smallest absolute Gasteiger partial charge is 0.328 e. The van der Waals surface area contributed by atoms with Gasteiger partial charge in [0.1, 0.15) is 5.75 Å². The lowest BCUT2D eigenvalue weighted by Crippen LogP contribution is -2.19. The van der Waals surface area contributed by atoms with E-state index in [0.717, 1.165) is 28.0 Å². The number of aromatic nitrogens is 2. The van der Waals surface area contributed by atoms with Crippen molar-refractivity contribution in [2.45, 2.75) is 6.92 Å². The van der Waals surface area contributed by atoms with Crippen LogP contribution in [0.1, 0.15) is 12.5 Å². The predicted molar refractivity (Wildman–Crippen MR) is 93.0 cm³/mol. The van der Waals surface area contributed by atoms with E-state index in [2.05, 4.69) is 4.99 Å². The van der Waals surface area contributed by atoms with E-state index in [1.165, 1.54) is 0 Å². The molecule has 0 amide bonds. The van der Waals surface area contributed by atoms with Crippen LogP contribution in [0.25, 0.3) is 11.0 Å². The summed E-state index contributed by atoms with van der Waals surface area (Å²) in [6, 6.07) is 13.5. The van der Waals surface area contributed by atoms with E-state index in [0.29, 0.717) is 6.61 Å². The van der Waals surface area contributed by atoms with Crippen LogP contribution in [0.15, 0.2) is 52.3 Å². The fourth-order valence-corrected chi connectivity index (χ4v) is 2.55. The van der Waals surface area contributed by atoms with Crippen LogP contribution in [0, 0.1) is 0 Å².